The predicted molar refractivity (Wildman–Crippen MR) is 106 cm³/mol. The van der Waals surface area contributed by atoms with E-state index in [9.17, 15) is 14.7 Å². The number of aromatic hydroxyl groups is 1. The van der Waals surface area contributed by atoms with Crippen LogP contribution in [0.4, 0.5) is 5.69 Å². The molecule has 5 rings (SSSR count). The fourth-order valence-corrected chi connectivity index (χ4v) is 4.42. The van der Waals surface area contributed by atoms with Gasteiger partial charge < -0.3 is 15.0 Å². The number of benzene rings is 2. The third-order valence-electron chi connectivity index (χ3n) is 5.63. The molecule has 6 nitrogen and oxygen atoms in total. The number of nitrogens with one attached hydrogen (secondary N) is 1. The second-order valence-electron chi connectivity index (χ2n) is 7.35. The number of carbonyl (C=O) groups is 2. The van der Waals surface area contributed by atoms with Crippen LogP contribution in [-0.4, -0.2) is 32.9 Å². The molecule has 1 atom stereocenters. The molecule has 0 bridgehead atoms. The second-order valence-corrected chi connectivity index (χ2v) is 7.35. The molecule has 3 heterocycles. The maximum absolute atomic E-state index is 13.2. The molecule has 2 aromatic carbocycles. The van der Waals surface area contributed by atoms with Crippen LogP contribution >= 0.6 is 0 Å². The van der Waals surface area contributed by atoms with E-state index in [2.05, 4.69) is 5.32 Å². The maximum atomic E-state index is 13.2. The lowest BCUT2D eigenvalue weighted by molar-refractivity contribution is -0.139. The van der Waals surface area contributed by atoms with Crippen LogP contribution < -0.4 is 5.32 Å². The number of carbonyl (C=O) groups excluding carboxylic acids is 2. The standard InChI is InChI=1S/C22H19N3O3/c1-12(26)25-11-17-21(22(25)28)19(13-5-3-6-14(27)9-13)15-10-24(2)18-8-4-7-16(23-17)20(15)18/h3-10,19,23,27H,11H2,1-2H3/t19-/m0/s1. The van der Waals surface area contributed by atoms with Crippen molar-refractivity contribution in [3.63, 3.8) is 0 Å². The zero-order valence-corrected chi connectivity index (χ0v) is 15.6. The third kappa shape index (κ3) is 2.21. The van der Waals surface area contributed by atoms with Crippen LogP contribution in [0.15, 0.2) is 59.9 Å². The summed E-state index contributed by atoms with van der Waals surface area (Å²) in [5.74, 6) is -0.792. The largest absolute Gasteiger partial charge is 0.508 e. The molecule has 0 unspecified atom stereocenters. The number of anilines is 1. The number of amides is 2. The highest BCUT2D eigenvalue weighted by Gasteiger charge is 2.41. The fraction of sp³-hybridized carbons (Fsp3) is 0.182. The molecule has 2 aliphatic heterocycles. The van der Waals surface area contributed by atoms with Gasteiger partial charge in [0.05, 0.1) is 17.6 Å². The number of aryl methyl sites for hydroxylation is 1. The number of phenolic OH excluding ortho intramolecular Hbond substituents is 1. The lowest BCUT2D eigenvalue weighted by Gasteiger charge is -2.19. The van der Waals surface area contributed by atoms with E-state index < -0.39 is 0 Å². The van der Waals surface area contributed by atoms with Crippen LogP contribution in [-0.2, 0) is 16.6 Å². The molecular weight excluding hydrogens is 354 g/mol. The number of rotatable bonds is 1. The number of hydrogen-bond acceptors (Lipinski definition) is 4. The summed E-state index contributed by atoms with van der Waals surface area (Å²) in [7, 11) is 1.98. The molecule has 28 heavy (non-hydrogen) atoms. The van der Waals surface area contributed by atoms with E-state index in [-0.39, 0.29) is 30.0 Å². The minimum atomic E-state index is -0.376. The van der Waals surface area contributed by atoms with Gasteiger partial charge in [-0.2, -0.15) is 0 Å². The predicted octanol–water partition coefficient (Wildman–Crippen LogP) is 3.08. The number of nitrogens with zero attached hydrogens (tertiary/aromatic N) is 2. The van der Waals surface area contributed by atoms with Gasteiger partial charge in [0.25, 0.3) is 5.91 Å². The van der Waals surface area contributed by atoms with Gasteiger partial charge in [-0.05, 0) is 35.4 Å². The topological polar surface area (TPSA) is 74.6 Å². The lowest BCUT2D eigenvalue weighted by atomic mass is 9.84. The van der Waals surface area contributed by atoms with Crippen molar-refractivity contribution >= 4 is 28.4 Å². The summed E-state index contributed by atoms with van der Waals surface area (Å²) in [6, 6.07) is 13.0. The minimum Gasteiger partial charge on any atom is -0.508 e. The fourth-order valence-electron chi connectivity index (χ4n) is 4.42. The summed E-state index contributed by atoms with van der Waals surface area (Å²) < 4.78 is 2.04. The van der Waals surface area contributed by atoms with Crippen molar-refractivity contribution in [1.29, 1.82) is 0 Å². The molecule has 0 radical (unpaired) electrons. The molecule has 140 valence electrons. The molecule has 6 heteroatoms. The molecule has 0 aliphatic carbocycles. The van der Waals surface area contributed by atoms with Crippen LogP contribution in [0.3, 0.4) is 0 Å². The first-order valence-corrected chi connectivity index (χ1v) is 9.15. The molecule has 2 N–H and O–H groups in total. The van der Waals surface area contributed by atoms with Crippen LogP contribution in [0.5, 0.6) is 5.75 Å². The quantitative estimate of drug-likeness (QED) is 0.687. The van der Waals surface area contributed by atoms with Gasteiger partial charge in [0.15, 0.2) is 0 Å². The average molecular weight is 373 g/mol. The SMILES string of the molecule is CC(=O)N1CC2=C(C1=O)[C@@H](c1cccc(O)c1)c1cn(C)c3cccc(c13)N2. The first-order valence-electron chi connectivity index (χ1n) is 9.15. The minimum absolute atomic E-state index is 0.145. The zero-order valence-electron chi connectivity index (χ0n) is 15.6. The first kappa shape index (κ1) is 16.6. The Hall–Kier alpha value is -3.54. The van der Waals surface area contributed by atoms with Crippen molar-refractivity contribution in [3.05, 3.63) is 71.1 Å². The van der Waals surface area contributed by atoms with Gasteiger partial charge in [-0.25, -0.2) is 0 Å². The van der Waals surface area contributed by atoms with Crippen molar-refractivity contribution in [2.75, 3.05) is 11.9 Å². The Bertz CT molecular complexity index is 1200. The van der Waals surface area contributed by atoms with Crippen LogP contribution in [0.25, 0.3) is 10.9 Å². The van der Waals surface area contributed by atoms with Gasteiger partial charge >= 0.3 is 0 Å². The number of aromatic nitrogens is 1. The monoisotopic (exact) mass is 373 g/mol. The Morgan fingerprint density at radius 3 is 2.75 bits per heavy atom. The third-order valence-corrected chi connectivity index (χ3v) is 5.63. The van der Waals surface area contributed by atoms with E-state index in [4.69, 9.17) is 0 Å². The molecule has 2 aliphatic rings. The molecule has 2 amide bonds. The van der Waals surface area contributed by atoms with E-state index in [1.807, 2.05) is 42.1 Å². The van der Waals surface area contributed by atoms with E-state index >= 15 is 0 Å². The van der Waals surface area contributed by atoms with Gasteiger partial charge in [-0.15, -0.1) is 0 Å². The molecular formula is C22H19N3O3. The average Bonchev–Trinajstić information content (AvgIpc) is 3.10. The highest BCUT2D eigenvalue weighted by molar-refractivity contribution is 6.11. The van der Waals surface area contributed by atoms with E-state index in [1.54, 1.807) is 18.2 Å². The van der Waals surface area contributed by atoms with Crippen LogP contribution in [0.2, 0.25) is 0 Å². The molecule has 0 saturated carbocycles. The Morgan fingerprint density at radius 1 is 1.21 bits per heavy atom. The van der Waals surface area contributed by atoms with E-state index in [0.29, 0.717) is 5.57 Å². The number of imide groups is 1. The molecule has 0 fully saturated rings. The number of phenols is 1. The van der Waals surface area contributed by atoms with Crippen molar-refractivity contribution in [3.8, 4) is 5.75 Å². The first-order chi connectivity index (χ1) is 13.5. The van der Waals surface area contributed by atoms with Gasteiger partial charge in [0.1, 0.15) is 5.75 Å². The Balaban J connectivity index is 1.83. The Morgan fingerprint density at radius 2 is 2.00 bits per heavy atom. The molecule has 3 aromatic rings. The lowest BCUT2D eigenvalue weighted by Crippen LogP contribution is -2.33. The summed E-state index contributed by atoms with van der Waals surface area (Å²) in [6.45, 7) is 1.63. The van der Waals surface area contributed by atoms with Crippen LogP contribution in [0, 0.1) is 0 Å². The zero-order chi connectivity index (χ0) is 19.6. The second kappa shape index (κ2) is 5.73. The highest BCUT2D eigenvalue weighted by atomic mass is 16.3. The Labute approximate surface area is 161 Å². The van der Waals surface area contributed by atoms with Crippen molar-refractivity contribution in [1.82, 2.24) is 9.47 Å². The van der Waals surface area contributed by atoms with E-state index in [1.165, 1.54) is 11.8 Å². The van der Waals surface area contributed by atoms with Gasteiger partial charge in [-0.3, -0.25) is 14.5 Å². The molecule has 1 aromatic heterocycles. The normalized spacial score (nSPS) is 18.3. The van der Waals surface area contributed by atoms with Crippen LogP contribution in [0.1, 0.15) is 24.0 Å². The van der Waals surface area contributed by atoms with Gasteiger partial charge in [0, 0.05) is 42.9 Å². The summed E-state index contributed by atoms with van der Waals surface area (Å²) in [5, 5.41) is 14.5. The summed E-state index contributed by atoms with van der Waals surface area (Å²) in [5.41, 5.74) is 5.07. The summed E-state index contributed by atoms with van der Waals surface area (Å²) in [6.07, 6.45) is 2.03. The smallest absolute Gasteiger partial charge is 0.259 e. The maximum Gasteiger partial charge on any atom is 0.259 e. The highest BCUT2D eigenvalue weighted by Crippen LogP contribution is 2.46. The molecule has 0 spiro atoms. The van der Waals surface area contributed by atoms with Crippen molar-refractivity contribution < 1.29 is 14.7 Å². The summed E-state index contributed by atoms with van der Waals surface area (Å²) in [4.78, 5) is 26.5. The Kier molecular flexibility index (Phi) is 3.40. The van der Waals surface area contributed by atoms with Crippen molar-refractivity contribution in [2.24, 2.45) is 7.05 Å². The molecule has 0 saturated heterocycles. The van der Waals surface area contributed by atoms with E-state index in [0.717, 1.165) is 33.4 Å². The van der Waals surface area contributed by atoms with Gasteiger partial charge in [-0.1, -0.05) is 18.2 Å². The summed E-state index contributed by atoms with van der Waals surface area (Å²) >= 11 is 0. The van der Waals surface area contributed by atoms with Gasteiger partial charge in [0.2, 0.25) is 5.91 Å². The number of hydrogen-bond donors (Lipinski definition) is 2. The van der Waals surface area contributed by atoms with Crippen molar-refractivity contribution in [2.45, 2.75) is 12.8 Å².